The van der Waals surface area contributed by atoms with Crippen LogP contribution in [0.15, 0.2) is 0 Å². The van der Waals surface area contributed by atoms with Crippen LogP contribution >= 0.6 is 11.6 Å². The lowest BCUT2D eigenvalue weighted by Crippen LogP contribution is -2.44. The van der Waals surface area contributed by atoms with Crippen molar-refractivity contribution < 1.29 is 9.90 Å². The summed E-state index contributed by atoms with van der Waals surface area (Å²) in [7, 11) is 0. The highest BCUT2D eigenvalue weighted by Crippen LogP contribution is 2.18. The molecule has 0 aromatic heterocycles. The fourth-order valence-electron chi connectivity index (χ4n) is 1.79. The SMILES string of the molecule is CC[C@@H](Cl)C(=O)N1CCC[C@@H](CO)C1. The fourth-order valence-corrected chi connectivity index (χ4v) is 1.92. The van der Waals surface area contributed by atoms with Gasteiger partial charge in [-0.25, -0.2) is 0 Å². The Bertz CT molecular complexity index is 199. The molecule has 1 aliphatic rings. The Kier molecular flexibility index (Phi) is 4.69. The molecule has 0 radical (unpaired) electrons. The molecular formula is C10H18ClNO2. The first-order chi connectivity index (χ1) is 6.69. The van der Waals surface area contributed by atoms with Crippen molar-refractivity contribution in [2.24, 2.45) is 5.92 Å². The molecule has 1 heterocycles. The molecule has 1 amide bonds. The molecule has 0 saturated carbocycles. The van der Waals surface area contributed by atoms with Crippen molar-refractivity contribution in [3.8, 4) is 0 Å². The van der Waals surface area contributed by atoms with Gasteiger partial charge in [0.15, 0.2) is 0 Å². The second-order valence-electron chi connectivity index (χ2n) is 3.85. The molecule has 82 valence electrons. The van der Waals surface area contributed by atoms with Gasteiger partial charge in [-0.3, -0.25) is 4.79 Å². The van der Waals surface area contributed by atoms with Crippen molar-refractivity contribution in [1.29, 1.82) is 0 Å². The van der Waals surface area contributed by atoms with E-state index in [4.69, 9.17) is 16.7 Å². The van der Waals surface area contributed by atoms with Gasteiger partial charge in [-0.2, -0.15) is 0 Å². The van der Waals surface area contributed by atoms with Crippen molar-refractivity contribution in [2.75, 3.05) is 19.7 Å². The molecule has 2 atom stereocenters. The topological polar surface area (TPSA) is 40.5 Å². The van der Waals surface area contributed by atoms with E-state index in [1.807, 2.05) is 6.92 Å². The number of aliphatic hydroxyl groups excluding tert-OH is 1. The van der Waals surface area contributed by atoms with Gasteiger partial charge in [-0.05, 0) is 25.2 Å². The highest BCUT2D eigenvalue weighted by molar-refractivity contribution is 6.30. The van der Waals surface area contributed by atoms with Crippen LogP contribution in [0.5, 0.6) is 0 Å². The zero-order valence-corrected chi connectivity index (χ0v) is 9.33. The van der Waals surface area contributed by atoms with Crippen molar-refractivity contribution in [3.05, 3.63) is 0 Å². The molecule has 1 fully saturated rings. The first-order valence-electron chi connectivity index (χ1n) is 5.22. The third kappa shape index (κ3) is 2.85. The molecule has 1 saturated heterocycles. The Morgan fingerprint density at radius 1 is 1.71 bits per heavy atom. The molecular weight excluding hydrogens is 202 g/mol. The smallest absolute Gasteiger partial charge is 0.240 e. The van der Waals surface area contributed by atoms with Crippen LogP contribution in [-0.4, -0.2) is 41.0 Å². The number of nitrogens with zero attached hydrogens (tertiary/aromatic N) is 1. The molecule has 14 heavy (non-hydrogen) atoms. The molecule has 0 aromatic rings. The average Bonchev–Trinajstić information content (AvgIpc) is 2.27. The predicted molar refractivity (Wildman–Crippen MR) is 56.3 cm³/mol. The molecule has 0 spiro atoms. The maximum atomic E-state index is 11.7. The van der Waals surface area contributed by atoms with Crippen molar-refractivity contribution in [1.82, 2.24) is 4.90 Å². The van der Waals surface area contributed by atoms with Gasteiger partial charge in [0.2, 0.25) is 5.91 Å². The third-order valence-corrected chi connectivity index (χ3v) is 3.21. The third-order valence-electron chi connectivity index (χ3n) is 2.72. The summed E-state index contributed by atoms with van der Waals surface area (Å²) in [5, 5.41) is 8.62. The molecule has 1 rings (SSSR count). The van der Waals surface area contributed by atoms with Crippen LogP contribution in [0.25, 0.3) is 0 Å². The summed E-state index contributed by atoms with van der Waals surface area (Å²) >= 11 is 5.89. The summed E-state index contributed by atoms with van der Waals surface area (Å²) in [6.07, 6.45) is 2.66. The molecule has 3 nitrogen and oxygen atoms in total. The van der Waals surface area contributed by atoms with Gasteiger partial charge in [0.25, 0.3) is 0 Å². The van der Waals surface area contributed by atoms with E-state index >= 15 is 0 Å². The van der Waals surface area contributed by atoms with E-state index in [1.54, 1.807) is 4.90 Å². The van der Waals surface area contributed by atoms with Crippen molar-refractivity contribution >= 4 is 17.5 Å². The molecule has 0 bridgehead atoms. The monoisotopic (exact) mass is 219 g/mol. The standard InChI is InChI=1S/C10H18ClNO2/c1-2-9(11)10(14)12-5-3-4-8(6-12)7-13/h8-9,13H,2-7H2,1H3/t8-,9-/m1/s1. The summed E-state index contributed by atoms with van der Waals surface area (Å²) in [4.78, 5) is 13.5. The first kappa shape index (κ1) is 11.8. The first-order valence-corrected chi connectivity index (χ1v) is 5.66. The number of piperidine rings is 1. The minimum absolute atomic E-state index is 0.0207. The zero-order valence-electron chi connectivity index (χ0n) is 8.58. The number of rotatable bonds is 3. The number of hydrogen-bond acceptors (Lipinski definition) is 2. The normalized spacial score (nSPS) is 24.8. The summed E-state index contributed by atoms with van der Waals surface area (Å²) < 4.78 is 0. The quantitative estimate of drug-likeness (QED) is 0.726. The Labute approximate surface area is 90.0 Å². The van der Waals surface area contributed by atoms with Crippen LogP contribution in [0, 0.1) is 5.92 Å². The molecule has 0 unspecified atom stereocenters. The van der Waals surface area contributed by atoms with Gasteiger partial charge in [-0.15, -0.1) is 11.6 Å². The average molecular weight is 220 g/mol. The number of likely N-dealkylation sites (tertiary alicyclic amines) is 1. The Balaban J connectivity index is 2.47. The Morgan fingerprint density at radius 2 is 2.43 bits per heavy atom. The number of hydrogen-bond donors (Lipinski definition) is 1. The van der Waals surface area contributed by atoms with Crippen LogP contribution in [0.2, 0.25) is 0 Å². The number of carbonyl (C=O) groups is 1. The molecule has 0 aliphatic carbocycles. The van der Waals surface area contributed by atoms with Crippen LogP contribution in [0.3, 0.4) is 0 Å². The predicted octanol–water partition coefficient (Wildman–Crippen LogP) is 1.23. The number of halogens is 1. The number of alkyl halides is 1. The van der Waals surface area contributed by atoms with Crippen LogP contribution in [-0.2, 0) is 4.79 Å². The largest absolute Gasteiger partial charge is 0.396 e. The van der Waals surface area contributed by atoms with E-state index in [2.05, 4.69) is 0 Å². The van der Waals surface area contributed by atoms with E-state index in [1.165, 1.54) is 0 Å². The van der Waals surface area contributed by atoms with Crippen LogP contribution < -0.4 is 0 Å². The van der Waals surface area contributed by atoms with E-state index in [0.29, 0.717) is 13.0 Å². The zero-order chi connectivity index (χ0) is 10.6. The number of aliphatic hydroxyl groups is 1. The molecule has 4 heteroatoms. The molecule has 1 N–H and O–H groups in total. The van der Waals surface area contributed by atoms with E-state index in [9.17, 15) is 4.79 Å². The lowest BCUT2D eigenvalue weighted by atomic mass is 9.99. The van der Waals surface area contributed by atoms with Gasteiger partial charge in [0.05, 0.1) is 0 Å². The summed E-state index contributed by atoms with van der Waals surface area (Å²) in [5.41, 5.74) is 0. The fraction of sp³-hybridized carbons (Fsp3) is 0.900. The van der Waals surface area contributed by atoms with Gasteiger partial charge in [0.1, 0.15) is 5.38 Å². The lowest BCUT2D eigenvalue weighted by Gasteiger charge is -2.32. The van der Waals surface area contributed by atoms with Gasteiger partial charge in [-0.1, -0.05) is 6.92 Å². The lowest BCUT2D eigenvalue weighted by molar-refractivity contribution is -0.132. The maximum Gasteiger partial charge on any atom is 0.240 e. The van der Waals surface area contributed by atoms with Gasteiger partial charge in [0, 0.05) is 19.7 Å². The van der Waals surface area contributed by atoms with Crippen LogP contribution in [0.1, 0.15) is 26.2 Å². The highest BCUT2D eigenvalue weighted by atomic mass is 35.5. The summed E-state index contributed by atoms with van der Waals surface area (Å²) in [6, 6.07) is 0. The van der Waals surface area contributed by atoms with Gasteiger partial charge < -0.3 is 10.0 Å². The Morgan fingerprint density at radius 3 is 3.00 bits per heavy atom. The number of amides is 1. The van der Waals surface area contributed by atoms with Crippen molar-refractivity contribution in [2.45, 2.75) is 31.6 Å². The van der Waals surface area contributed by atoms with E-state index in [0.717, 1.165) is 19.4 Å². The molecule has 1 aliphatic heterocycles. The van der Waals surface area contributed by atoms with Crippen molar-refractivity contribution in [3.63, 3.8) is 0 Å². The summed E-state index contributed by atoms with van der Waals surface area (Å²) in [5.74, 6) is 0.265. The van der Waals surface area contributed by atoms with E-state index < -0.39 is 5.38 Å². The maximum absolute atomic E-state index is 11.7. The Hall–Kier alpha value is -0.280. The minimum Gasteiger partial charge on any atom is -0.396 e. The highest BCUT2D eigenvalue weighted by Gasteiger charge is 2.26. The minimum atomic E-state index is -0.396. The number of carbonyl (C=O) groups excluding carboxylic acids is 1. The summed E-state index contributed by atoms with van der Waals surface area (Å²) in [6.45, 7) is 3.53. The van der Waals surface area contributed by atoms with Crippen LogP contribution in [0.4, 0.5) is 0 Å². The second-order valence-corrected chi connectivity index (χ2v) is 4.38. The molecule has 0 aromatic carbocycles. The van der Waals surface area contributed by atoms with E-state index in [-0.39, 0.29) is 18.4 Å². The second kappa shape index (κ2) is 5.56. The van der Waals surface area contributed by atoms with Gasteiger partial charge >= 0.3 is 0 Å².